The van der Waals surface area contributed by atoms with E-state index < -0.39 is 11.8 Å². The number of hydrogen-bond acceptors (Lipinski definition) is 9. The number of furan rings is 1. The summed E-state index contributed by atoms with van der Waals surface area (Å²) in [5.74, 6) is -1.74. The Morgan fingerprint density at radius 3 is 1.43 bits per heavy atom. The highest BCUT2D eigenvalue weighted by Gasteiger charge is 2.03. The van der Waals surface area contributed by atoms with Crippen molar-refractivity contribution in [3.8, 4) is 0 Å². The number of rotatable bonds is 2. The van der Waals surface area contributed by atoms with Gasteiger partial charge >= 0.3 is 23.6 Å². The molecule has 110 valence electrons. The second-order valence-corrected chi connectivity index (χ2v) is 3.01. The molecule has 3 aromatic rings. The van der Waals surface area contributed by atoms with Crippen LogP contribution in [0.1, 0.15) is 21.4 Å². The average molecular weight is 294 g/mol. The molecule has 0 atom stereocenters. The molecule has 0 aliphatic carbocycles. The number of primary amides is 2. The van der Waals surface area contributed by atoms with E-state index in [0.29, 0.717) is 0 Å². The van der Waals surface area contributed by atoms with Gasteiger partial charge in [0.15, 0.2) is 0 Å². The Bertz CT molecular complexity index is 558. The Morgan fingerprint density at radius 1 is 0.857 bits per heavy atom. The van der Waals surface area contributed by atoms with Crippen LogP contribution < -0.4 is 11.5 Å². The highest BCUT2D eigenvalue weighted by atomic mass is 16.4. The number of hydrogen-bond donors (Lipinski definition) is 2. The van der Waals surface area contributed by atoms with Gasteiger partial charge in [0.25, 0.3) is 0 Å². The molecule has 0 aliphatic heterocycles. The van der Waals surface area contributed by atoms with Gasteiger partial charge in [-0.3, -0.25) is 9.59 Å². The van der Waals surface area contributed by atoms with E-state index in [9.17, 15) is 9.59 Å². The second-order valence-electron chi connectivity index (χ2n) is 3.01. The van der Waals surface area contributed by atoms with E-state index in [0.717, 1.165) is 12.8 Å². The van der Waals surface area contributed by atoms with Crippen LogP contribution >= 0.6 is 0 Å². The summed E-state index contributed by atoms with van der Waals surface area (Å²) in [4.78, 5) is 20.2. The van der Waals surface area contributed by atoms with Crippen molar-refractivity contribution in [3.05, 3.63) is 49.2 Å². The SMILES string of the molecule is NC(=O)c1nnco1.NC(=O)c1nnco1.c1ccoc1. The van der Waals surface area contributed by atoms with Crippen LogP contribution in [0.3, 0.4) is 0 Å². The lowest BCUT2D eigenvalue weighted by Crippen LogP contribution is -2.10. The monoisotopic (exact) mass is 294 g/mol. The first-order valence-electron chi connectivity index (χ1n) is 5.20. The van der Waals surface area contributed by atoms with Crippen molar-refractivity contribution in [2.45, 2.75) is 0 Å². The van der Waals surface area contributed by atoms with Crippen molar-refractivity contribution < 1.29 is 22.8 Å². The number of nitrogens with two attached hydrogens (primary N) is 2. The minimum Gasteiger partial charge on any atom is -0.473 e. The zero-order valence-corrected chi connectivity index (χ0v) is 10.4. The van der Waals surface area contributed by atoms with Gasteiger partial charge < -0.3 is 24.7 Å². The number of carbonyl (C=O) groups excluding carboxylic acids is 2. The predicted octanol–water partition coefficient (Wildman–Crippen LogP) is -0.383. The van der Waals surface area contributed by atoms with Gasteiger partial charge in [0, 0.05) is 0 Å². The topological polar surface area (TPSA) is 177 Å². The number of amides is 2. The summed E-state index contributed by atoms with van der Waals surface area (Å²) in [5, 5.41) is 12.9. The van der Waals surface area contributed by atoms with E-state index in [-0.39, 0.29) is 11.8 Å². The molecular formula is C10H10N6O5. The molecule has 0 aromatic carbocycles. The van der Waals surface area contributed by atoms with E-state index in [2.05, 4.69) is 33.6 Å². The molecule has 3 heterocycles. The standard InChI is InChI=1S/C4H4O.2C3H3N3O2/c1-2-4-5-3-1;2*4-2(7)3-6-5-1-8-3/h1-4H;2*1H,(H2,4,7). The third-order valence-corrected chi connectivity index (χ3v) is 1.57. The number of aromatic nitrogens is 4. The van der Waals surface area contributed by atoms with Crippen LogP contribution in [0.2, 0.25) is 0 Å². The zero-order chi connectivity index (χ0) is 15.5. The molecule has 0 spiro atoms. The molecule has 3 aromatic heterocycles. The summed E-state index contributed by atoms with van der Waals surface area (Å²) in [6.45, 7) is 0. The molecule has 0 radical (unpaired) electrons. The van der Waals surface area contributed by atoms with E-state index in [4.69, 9.17) is 11.5 Å². The van der Waals surface area contributed by atoms with Crippen molar-refractivity contribution in [1.82, 2.24) is 20.4 Å². The summed E-state index contributed by atoms with van der Waals surface area (Å²) in [7, 11) is 0. The molecular weight excluding hydrogens is 284 g/mol. The Hall–Kier alpha value is -3.50. The average Bonchev–Trinajstić information content (AvgIpc) is 3.22. The van der Waals surface area contributed by atoms with Gasteiger partial charge in [0.05, 0.1) is 12.5 Å². The van der Waals surface area contributed by atoms with Crippen LogP contribution in [-0.2, 0) is 0 Å². The lowest BCUT2D eigenvalue weighted by molar-refractivity contribution is 0.0959. The smallest absolute Gasteiger partial charge is 0.306 e. The van der Waals surface area contributed by atoms with Crippen molar-refractivity contribution in [2.24, 2.45) is 11.5 Å². The fourth-order valence-corrected chi connectivity index (χ4v) is 0.788. The van der Waals surface area contributed by atoms with Gasteiger partial charge in [-0.2, -0.15) is 0 Å². The third kappa shape index (κ3) is 6.28. The molecule has 11 nitrogen and oxygen atoms in total. The number of carbonyl (C=O) groups is 2. The first-order chi connectivity index (χ1) is 10.1. The number of nitrogens with zero attached hydrogens (tertiary/aromatic N) is 4. The highest BCUT2D eigenvalue weighted by Crippen LogP contribution is 1.86. The Labute approximate surface area is 116 Å². The summed E-state index contributed by atoms with van der Waals surface area (Å²) in [5.41, 5.74) is 9.45. The van der Waals surface area contributed by atoms with E-state index in [1.54, 1.807) is 12.5 Å². The van der Waals surface area contributed by atoms with Gasteiger partial charge in [0.2, 0.25) is 12.8 Å². The van der Waals surface area contributed by atoms with E-state index >= 15 is 0 Å². The maximum Gasteiger partial charge on any atom is 0.306 e. The van der Waals surface area contributed by atoms with Gasteiger partial charge in [-0.15, -0.1) is 20.4 Å². The van der Waals surface area contributed by atoms with Crippen molar-refractivity contribution in [2.75, 3.05) is 0 Å². The molecule has 0 saturated heterocycles. The molecule has 3 rings (SSSR count). The Balaban J connectivity index is 0.000000162. The molecule has 11 heteroatoms. The largest absolute Gasteiger partial charge is 0.473 e. The molecule has 0 bridgehead atoms. The van der Waals surface area contributed by atoms with Gasteiger partial charge in [-0.25, -0.2) is 0 Å². The zero-order valence-electron chi connectivity index (χ0n) is 10.4. The van der Waals surface area contributed by atoms with Gasteiger partial charge in [0.1, 0.15) is 0 Å². The Morgan fingerprint density at radius 2 is 1.29 bits per heavy atom. The maximum atomic E-state index is 10.1. The summed E-state index contributed by atoms with van der Waals surface area (Å²) in [6.07, 6.45) is 5.33. The van der Waals surface area contributed by atoms with E-state index in [1.807, 2.05) is 12.1 Å². The van der Waals surface area contributed by atoms with Crippen LogP contribution in [0.5, 0.6) is 0 Å². The van der Waals surface area contributed by atoms with Crippen LogP contribution in [0.25, 0.3) is 0 Å². The minimum absolute atomic E-state index is 0.162. The third-order valence-electron chi connectivity index (χ3n) is 1.57. The molecule has 0 unspecified atom stereocenters. The summed E-state index contributed by atoms with van der Waals surface area (Å²) < 4.78 is 13.4. The lowest BCUT2D eigenvalue weighted by atomic mass is 10.6. The second kappa shape index (κ2) is 8.58. The van der Waals surface area contributed by atoms with Crippen LogP contribution in [0, 0.1) is 0 Å². The molecule has 21 heavy (non-hydrogen) atoms. The Kier molecular flexibility index (Phi) is 6.35. The van der Waals surface area contributed by atoms with Crippen LogP contribution in [0.15, 0.2) is 50.7 Å². The van der Waals surface area contributed by atoms with Crippen LogP contribution in [-0.4, -0.2) is 32.2 Å². The summed E-state index contributed by atoms with van der Waals surface area (Å²) >= 11 is 0. The van der Waals surface area contributed by atoms with Crippen molar-refractivity contribution in [1.29, 1.82) is 0 Å². The molecule has 0 aliphatic rings. The highest BCUT2D eigenvalue weighted by molar-refractivity contribution is 5.87. The molecule has 0 fully saturated rings. The maximum absolute atomic E-state index is 10.1. The fourth-order valence-electron chi connectivity index (χ4n) is 0.788. The van der Waals surface area contributed by atoms with E-state index in [1.165, 1.54) is 0 Å². The van der Waals surface area contributed by atoms with Gasteiger partial charge in [-0.05, 0) is 12.1 Å². The first-order valence-corrected chi connectivity index (χ1v) is 5.20. The fraction of sp³-hybridized carbons (Fsp3) is 0. The van der Waals surface area contributed by atoms with Crippen molar-refractivity contribution >= 4 is 11.8 Å². The minimum atomic E-state index is -0.706. The normalized spacial score (nSPS) is 8.76. The first kappa shape index (κ1) is 15.6. The summed E-state index contributed by atoms with van der Waals surface area (Å²) in [6, 6.07) is 3.67. The molecule has 4 N–H and O–H groups in total. The van der Waals surface area contributed by atoms with Gasteiger partial charge in [-0.1, -0.05) is 0 Å². The molecule has 0 saturated carbocycles. The predicted molar refractivity (Wildman–Crippen MR) is 64.3 cm³/mol. The van der Waals surface area contributed by atoms with Crippen LogP contribution in [0.4, 0.5) is 0 Å². The quantitative estimate of drug-likeness (QED) is 0.636. The van der Waals surface area contributed by atoms with Crippen molar-refractivity contribution in [3.63, 3.8) is 0 Å². The lowest BCUT2D eigenvalue weighted by Gasteiger charge is -1.76. The molecule has 2 amide bonds.